The lowest BCUT2D eigenvalue weighted by Crippen LogP contribution is -2.65. The van der Waals surface area contributed by atoms with Gasteiger partial charge in [0.25, 0.3) is 0 Å². The van der Waals surface area contributed by atoms with E-state index in [1.165, 1.54) is 18.7 Å². The van der Waals surface area contributed by atoms with E-state index in [2.05, 4.69) is 5.32 Å². The Morgan fingerprint density at radius 3 is 2.43 bits per heavy atom. The molecule has 6 atom stereocenters. The van der Waals surface area contributed by atoms with Crippen molar-refractivity contribution in [3.63, 3.8) is 0 Å². The van der Waals surface area contributed by atoms with Gasteiger partial charge in [-0.05, 0) is 12.1 Å². The highest BCUT2D eigenvalue weighted by molar-refractivity contribution is 7.99. The summed E-state index contributed by atoms with van der Waals surface area (Å²) in [6.07, 6.45) is -2.50. The van der Waals surface area contributed by atoms with E-state index in [1.807, 2.05) is 60.7 Å². The first kappa shape index (κ1) is 19.4. The Kier molecular flexibility index (Phi) is 5.99. The van der Waals surface area contributed by atoms with Crippen LogP contribution in [-0.4, -0.2) is 47.4 Å². The minimum atomic E-state index is -0.918. The Bertz CT molecular complexity index is 790. The summed E-state index contributed by atoms with van der Waals surface area (Å²) >= 11 is 1.46. The van der Waals surface area contributed by atoms with Gasteiger partial charge in [-0.1, -0.05) is 60.3 Å². The van der Waals surface area contributed by atoms with Gasteiger partial charge in [0.05, 0.1) is 12.6 Å². The Labute approximate surface area is 168 Å². The van der Waals surface area contributed by atoms with E-state index in [0.717, 1.165) is 10.5 Å². The minimum Gasteiger partial charge on any atom is -0.388 e. The highest BCUT2D eigenvalue weighted by Crippen LogP contribution is 2.38. The second-order valence-electron chi connectivity index (χ2n) is 6.87. The Balaban J connectivity index is 1.53. The molecule has 2 fully saturated rings. The number of benzene rings is 2. The van der Waals surface area contributed by atoms with Gasteiger partial charge in [0.2, 0.25) is 5.91 Å². The van der Waals surface area contributed by atoms with Crippen LogP contribution in [0.2, 0.25) is 0 Å². The van der Waals surface area contributed by atoms with Gasteiger partial charge in [0, 0.05) is 17.4 Å². The second-order valence-corrected chi connectivity index (χ2v) is 8.04. The van der Waals surface area contributed by atoms with Gasteiger partial charge in [-0.3, -0.25) is 4.79 Å². The van der Waals surface area contributed by atoms with Crippen LogP contribution in [0.15, 0.2) is 65.6 Å². The van der Waals surface area contributed by atoms with Crippen LogP contribution in [0.25, 0.3) is 0 Å². The van der Waals surface area contributed by atoms with E-state index < -0.39 is 36.1 Å². The zero-order valence-electron chi connectivity index (χ0n) is 15.4. The Hall–Kier alpha value is -1.90. The highest BCUT2D eigenvalue weighted by Gasteiger charge is 2.49. The molecule has 2 aromatic carbocycles. The molecule has 0 unspecified atom stereocenters. The van der Waals surface area contributed by atoms with E-state index in [1.54, 1.807) is 0 Å². The molecule has 2 aliphatic heterocycles. The monoisotopic (exact) mass is 401 g/mol. The molecule has 0 aliphatic carbocycles. The van der Waals surface area contributed by atoms with Crippen molar-refractivity contribution in [3.05, 3.63) is 66.2 Å². The number of thioether (sulfide) groups is 1. The number of nitrogens with one attached hydrogen (secondary N) is 1. The number of hydrogen-bond donors (Lipinski definition) is 2. The van der Waals surface area contributed by atoms with Crippen molar-refractivity contribution >= 4 is 17.7 Å². The van der Waals surface area contributed by atoms with Gasteiger partial charge in [-0.25, -0.2) is 0 Å². The number of carbonyl (C=O) groups is 1. The van der Waals surface area contributed by atoms with Crippen molar-refractivity contribution in [2.75, 3.05) is 6.61 Å². The number of aliphatic hydroxyl groups is 1. The summed E-state index contributed by atoms with van der Waals surface area (Å²) in [4.78, 5) is 12.7. The van der Waals surface area contributed by atoms with E-state index in [0.29, 0.717) is 6.61 Å². The number of amides is 1. The minimum absolute atomic E-state index is 0.226. The SMILES string of the molecule is CC(=O)N[C@@H]1[C@@H](O)[C@@H]2O[C@@H](c3ccccc3)OC[C@@H]2O[C@@H]1Sc1ccccc1. The number of hydrogen-bond acceptors (Lipinski definition) is 6. The van der Waals surface area contributed by atoms with Crippen LogP contribution in [0.3, 0.4) is 0 Å². The molecular weight excluding hydrogens is 378 g/mol. The molecule has 2 aromatic rings. The third-order valence-electron chi connectivity index (χ3n) is 4.80. The maximum atomic E-state index is 11.7. The van der Waals surface area contributed by atoms with Crippen molar-refractivity contribution in [3.8, 4) is 0 Å². The van der Waals surface area contributed by atoms with Crippen molar-refractivity contribution in [1.29, 1.82) is 0 Å². The zero-order chi connectivity index (χ0) is 19.5. The summed E-state index contributed by atoms with van der Waals surface area (Å²) in [7, 11) is 0. The van der Waals surface area contributed by atoms with Crippen molar-refractivity contribution < 1.29 is 24.1 Å². The predicted molar refractivity (Wildman–Crippen MR) is 105 cm³/mol. The van der Waals surface area contributed by atoms with E-state index >= 15 is 0 Å². The summed E-state index contributed by atoms with van der Waals surface area (Å²) in [6.45, 7) is 1.74. The van der Waals surface area contributed by atoms with Crippen LogP contribution in [0, 0.1) is 0 Å². The highest BCUT2D eigenvalue weighted by atomic mass is 32.2. The summed E-state index contributed by atoms with van der Waals surface area (Å²) in [5.41, 5.74) is 0.424. The number of aliphatic hydroxyl groups excluding tert-OH is 1. The summed E-state index contributed by atoms with van der Waals surface area (Å²) < 4.78 is 18.1. The van der Waals surface area contributed by atoms with Crippen LogP contribution in [-0.2, 0) is 19.0 Å². The lowest BCUT2D eigenvalue weighted by molar-refractivity contribution is -0.306. The third-order valence-corrected chi connectivity index (χ3v) is 5.98. The summed E-state index contributed by atoms with van der Waals surface area (Å²) in [5, 5.41) is 13.9. The van der Waals surface area contributed by atoms with E-state index in [9.17, 15) is 9.90 Å². The van der Waals surface area contributed by atoms with E-state index in [-0.39, 0.29) is 5.91 Å². The lowest BCUT2D eigenvalue weighted by Gasteiger charge is -2.47. The van der Waals surface area contributed by atoms with Crippen molar-refractivity contribution in [2.24, 2.45) is 0 Å². The number of carbonyl (C=O) groups excluding carboxylic acids is 1. The first-order valence-electron chi connectivity index (χ1n) is 9.26. The molecule has 2 aliphatic rings. The topological polar surface area (TPSA) is 77.0 Å². The number of rotatable bonds is 4. The fourth-order valence-corrected chi connectivity index (χ4v) is 4.65. The number of ether oxygens (including phenoxy) is 3. The summed E-state index contributed by atoms with van der Waals surface area (Å²) in [5.74, 6) is -0.226. The molecular formula is C21H23NO5S. The van der Waals surface area contributed by atoms with Crippen molar-refractivity contribution in [1.82, 2.24) is 5.32 Å². The summed E-state index contributed by atoms with van der Waals surface area (Å²) in [6, 6.07) is 18.7. The molecule has 0 radical (unpaired) electrons. The molecule has 148 valence electrons. The number of fused-ring (bicyclic) bond motifs is 1. The quantitative estimate of drug-likeness (QED) is 0.820. The first-order chi connectivity index (χ1) is 13.6. The molecule has 7 heteroatoms. The van der Waals surface area contributed by atoms with Crippen LogP contribution in [0.5, 0.6) is 0 Å². The third kappa shape index (κ3) is 4.24. The van der Waals surface area contributed by atoms with Crippen LogP contribution in [0.1, 0.15) is 18.8 Å². The van der Waals surface area contributed by atoms with Crippen LogP contribution >= 0.6 is 11.8 Å². The fraction of sp³-hybridized carbons (Fsp3) is 0.381. The maximum absolute atomic E-state index is 11.7. The van der Waals surface area contributed by atoms with Crippen LogP contribution in [0.4, 0.5) is 0 Å². The van der Waals surface area contributed by atoms with Gasteiger partial charge in [0.1, 0.15) is 23.7 Å². The Morgan fingerprint density at radius 2 is 1.75 bits per heavy atom. The molecule has 0 saturated carbocycles. The smallest absolute Gasteiger partial charge is 0.217 e. The molecule has 2 heterocycles. The molecule has 0 bridgehead atoms. The average molecular weight is 401 g/mol. The molecule has 6 nitrogen and oxygen atoms in total. The first-order valence-corrected chi connectivity index (χ1v) is 10.1. The van der Waals surface area contributed by atoms with Gasteiger partial charge in [0.15, 0.2) is 6.29 Å². The normalized spacial score (nSPS) is 32.4. The molecule has 2 saturated heterocycles. The second kappa shape index (κ2) is 8.63. The molecule has 0 spiro atoms. The largest absolute Gasteiger partial charge is 0.388 e. The average Bonchev–Trinajstić information content (AvgIpc) is 2.72. The predicted octanol–water partition coefficient (Wildman–Crippen LogP) is 2.48. The lowest BCUT2D eigenvalue weighted by atomic mass is 9.96. The molecule has 1 amide bonds. The van der Waals surface area contributed by atoms with Gasteiger partial charge < -0.3 is 24.6 Å². The Morgan fingerprint density at radius 1 is 1.07 bits per heavy atom. The van der Waals surface area contributed by atoms with Gasteiger partial charge in [-0.2, -0.15) is 0 Å². The molecule has 0 aromatic heterocycles. The van der Waals surface area contributed by atoms with Crippen molar-refractivity contribution in [2.45, 2.75) is 47.9 Å². The molecule has 4 rings (SSSR count). The standard InChI is InChI=1S/C21H23NO5S/c1-13(23)22-17-18(24)19-16(26-21(17)28-15-10-6-3-7-11-15)12-25-20(27-19)14-8-4-2-5-9-14/h2-11,16-21,24H,12H2,1H3,(H,22,23)/t16-,17+,18+,19+,20-,21+/m0/s1. The molecule has 2 N–H and O–H groups in total. The van der Waals surface area contributed by atoms with E-state index in [4.69, 9.17) is 14.2 Å². The molecule has 28 heavy (non-hydrogen) atoms. The maximum Gasteiger partial charge on any atom is 0.217 e. The van der Waals surface area contributed by atoms with Gasteiger partial charge >= 0.3 is 0 Å². The van der Waals surface area contributed by atoms with Gasteiger partial charge in [-0.15, -0.1) is 0 Å². The fourth-order valence-electron chi connectivity index (χ4n) is 3.49. The zero-order valence-corrected chi connectivity index (χ0v) is 16.2. The van der Waals surface area contributed by atoms with Crippen LogP contribution < -0.4 is 5.32 Å².